The van der Waals surface area contributed by atoms with E-state index < -0.39 is 0 Å². The summed E-state index contributed by atoms with van der Waals surface area (Å²) < 4.78 is 0.890. The van der Waals surface area contributed by atoms with Gasteiger partial charge in [0.2, 0.25) is 0 Å². The van der Waals surface area contributed by atoms with Gasteiger partial charge in [-0.25, -0.2) is 0 Å². The fraction of sp³-hybridized carbons (Fsp3) is 0.133. The van der Waals surface area contributed by atoms with Crippen LogP contribution in [0.2, 0.25) is 0 Å². The molecule has 0 bridgehead atoms. The molecule has 19 heavy (non-hydrogen) atoms. The van der Waals surface area contributed by atoms with Crippen molar-refractivity contribution >= 4 is 33.2 Å². The fourth-order valence-electron chi connectivity index (χ4n) is 1.79. The largest absolute Gasteiger partial charge is 0.376 e. The average Bonchev–Trinajstić information content (AvgIpc) is 2.39. The van der Waals surface area contributed by atoms with E-state index in [9.17, 15) is 4.79 Å². The van der Waals surface area contributed by atoms with E-state index in [2.05, 4.69) is 21.2 Å². The van der Waals surface area contributed by atoms with E-state index in [1.54, 1.807) is 12.1 Å². The molecule has 0 saturated carbocycles. The van der Waals surface area contributed by atoms with Crippen molar-refractivity contribution in [2.24, 2.45) is 0 Å². The Kier molecular flexibility index (Phi) is 4.22. The highest BCUT2D eigenvalue weighted by atomic mass is 79.9. The van der Waals surface area contributed by atoms with Crippen molar-refractivity contribution in [1.29, 1.82) is 0 Å². The number of carbonyl (C=O) groups is 1. The van der Waals surface area contributed by atoms with E-state index in [-0.39, 0.29) is 5.91 Å². The van der Waals surface area contributed by atoms with Crippen molar-refractivity contribution < 1.29 is 4.79 Å². The van der Waals surface area contributed by atoms with Crippen LogP contribution in [0.1, 0.15) is 10.4 Å². The first-order valence-corrected chi connectivity index (χ1v) is 6.70. The highest BCUT2D eigenvalue weighted by Gasteiger charge is 2.09. The maximum atomic E-state index is 12.2. The maximum absolute atomic E-state index is 12.2. The molecule has 0 aliphatic heterocycles. The number of benzene rings is 2. The smallest absolute Gasteiger partial charge is 0.255 e. The molecule has 0 saturated heterocycles. The third-order valence-corrected chi connectivity index (χ3v) is 3.21. The van der Waals surface area contributed by atoms with Crippen LogP contribution in [0, 0.1) is 0 Å². The second-order valence-electron chi connectivity index (χ2n) is 4.38. The Labute approximate surface area is 121 Å². The zero-order chi connectivity index (χ0) is 13.8. The van der Waals surface area contributed by atoms with Crippen LogP contribution in [0.15, 0.2) is 53.0 Å². The Bertz CT molecular complexity index is 596. The van der Waals surface area contributed by atoms with E-state index in [4.69, 9.17) is 0 Å². The summed E-state index contributed by atoms with van der Waals surface area (Å²) in [5, 5.41) is 2.93. The second kappa shape index (κ2) is 5.89. The van der Waals surface area contributed by atoms with Crippen LogP contribution >= 0.6 is 15.9 Å². The molecule has 98 valence electrons. The van der Waals surface area contributed by atoms with E-state index in [0.717, 1.165) is 15.8 Å². The van der Waals surface area contributed by atoms with Crippen molar-refractivity contribution in [2.75, 3.05) is 24.3 Å². The summed E-state index contributed by atoms with van der Waals surface area (Å²) in [6.07, 6.45) is 0. The van der Waals surface area contributed by atoms with Crippen LogP contribution in [0.25, 0.3) is 0 Å². The van der Waals surface area contributed by atoms with Gasteiger partial charge >= 0.3 is 0 Å². The molecular weight excluding hydrogens is 304 g/mol. The summed E-state index contributed by atoms with van der Waals surface area (Å²) in [6.45, 7) is 0. The molecular formula is C15H15BrN2O. The van der Waals surface area contributed by atoms with Gasteiger partial charge in [-0.2, -0.15) is 0 Å². The van der Waals surface area contributed by atoms with Crippen LogP contribution in [0.4, 0.5) is 11.4 Å². The summed E-state index contributed by atoms with van der Waals surface area (Å²) in [6, 6.07) is 15.0. The Morgan fingerprint density at radius 3 is 2.53 bits per heavy atom. The van der Waals surface area contributed by atoms with Gasteiger partial charge in [0.05, 0.1) is 11.4 Å². The van der Waals surface area contributed by atoms with Gasteiger partial charge in [0, 0.05) is 24.1 Å². The average molecular weight is 319 g/mol. The number of rotatable bonds is 3. The zero-order valence-electron chi connectivity index (χ0n) is 10.9. The molecule has 3 nitrogen and oxygen atoms in total. The molecule has 0 heterocycles. The SMILES string of the molecule is CN(C)c1ccccc1NC(=O)c1cccc(Br)c1. The number of hydrogen-bond acceptors (Lipinski definition) is 2. The van der Waals surface area contributed by atoms with Gasteiger partial charge in [-0.3, -0.25) is 4.79 Å². The summed E-state index contributed by atoms with van der Waals surface area (Å²) in [4.78, 5) is 14.2. The first-order valence-electron chi connectivity index (χ1n) is 5.91. The minimum Gasteiger partial charge on any atom is -0.376 e. The molecule has 2 aromatic rings. The van der Waals surface area contributed by atoms with Crippen molar-refractivity contribution in [1.82, 2.24) is 0 Å². The molecule has 1 N–H and O–H groups in total. The lowest BCUT2D eigenvalue weighted by molar-refractivity contribution is 0.102. The lowest BCUT2D eigenvalue weighted by Gasteiger charge is -2.17. The van der Waals surface area contributed by atoms with Crippen molar-refractivity contribution in [3.63, 3.8) is 0 Å². The predicted molar refractivity (Wildman–Crippen MR) is 82.9 cm³/mol. The van der Waals surface area contributed by atoms with Gasteiger partial charge in [0.15, 0.2) is 0 Å². The molecule has 2 rings (SSSR count). The van der Waals surface area contributed by atoms with Gasteiger partial charge < -0.3 is 10.2 Å². The van der Waals surface area contributed by atoms with E-state index in [0.29, 0.717) is 5.56 Å². The highest BCUT2D eigenvalue weighted by molar-refractivity contribution is 9.10. The molecule has 0 aromatic heterocycles. The number of carbonyl (C=O) groups excluding carboxylic acids is 1. The number of hydrogen-bond donors (Lipinski definition) is 1. The lowest BCUT2D eigenvalue weighted by Crippen LogP contribution is -2.16. The molecule has 0 atom stereocenters. The molecule has 0 aliphatic carbocycles. The van der Waals surface area contributed by atoms with Crippen molar-refractivity contribution in [2.45, 2.75) is 0 Å². The molecule has 0 radical (unpaired) electrons. The zero-order valence-corrected chi connectivity index (χ0v) is 12.4. The van der Waals surface area contributed by atoms with Crippen molar-refractivity contribution in [3.8, 4) is 0 Å². The van der Waals surface area contributed by atoms with E-state index in [1.807, 2.05) is 55.4 Å². The number of anilines is 2. The molecule has 0 unspecified atom stereocenters. The van der Waals surface area contributed by atoms with Crippen LogP contribution in [-0.4, -0.2) is 20.0 Å². The summed E-state index contributed by atoms with van der Waals surface area (Å²) in [7, 11) is 3.90. The monoisotopic (exact) mass is 318 g/mol. The molecule has 1 amide bonds. The van der Waals surface area contributed by atoms with Crippen LogP contribution in [0.5, 0.6) is 0 Å². The van der Waals surface area contributed by atoms with Crippen LogP contribution in [-0.2, 0) is 0 Å². The van der Waals surface area contributed by atoms with Gasteiger partial charge in [-0.1, -0.05) is 34.1 Å². The molecule has 0 spiro atoms. The van der Waals surface area contributed by atoms with E-state index >= 15 is 0 Å². The molecule has 2 aromatic carbocycles. The number of halogens is 1. The third kappa shape index (κ3) is 3.35. The van der Waals surface area contributed by atoms with Gasteiger partial charge in [-0.05, 0) is 30.3 Å². The number of nitrogens with one attached hydrogen (secondary N) is 1. The van der Waals surface area contributed by atoms with Crippen LogP contribution < -0.4 is 10.2 Å². The summed E-state index contributed by atoms with van der Waals surface area (Å²) in [5.74, 6) is -0.115. The van der Waals surface area contributed by atoms with Crippen molar-refractivity contribution in [3.05, 3.63) is 58.6 Å². The number of para-hydroxylation sites is 2. The first-order chi connectivity index (χ1) is 9.08. The molecule has 0 fully saturated rings. The number of amides is 1. The Morgan fingerprint density at radius 1 is 1.11 bits per heavy atom. The normalized spacial score (nSPS) is 10.1. The standard InChI is InChI=1S/C15H15BrN2O/c1-18(2)14-9-4-3-8-13(14)17-15(19)11-6-5-7-12(16)10-11/h3-10H,1-2H3,(H,17,19). The maximum Gasteiger partial charge on any atom is 0.255 e. The third-order valence-electron chi connectivity index (χ3n) is 2.72. The summed E-state index contributed by atoms with van der Waals surface area (Å²) in [5.41, 5.74) is 2.41. The minimum absolute atomic E-state index is 0.115. The predicted octanol–water partition coefficient (Wildman–Crippen LogP) is 3.77. The molecule has 0 aliphatic rings. The van der Waals surface area contributed by atoms with E-state index in [1.165, 1.54) is 0 Å². The van der Waals surface area contributed by atoms with Gasteiger partial charge in [0.1, 0.15) is 0 Å². The first kappa shape index (κ1) is 13.6. The molecule has 4 heteroatoms. The van der Waals surface area contributed by atoms with Gasteiger partial charge in [0.25, 0.3) is 5.91 Å². The topological polar surface area (TPSA) is 32.3 Å². The Morgan fingerprint density at radius 2 is 1.84 bits per heavy atom. The Balaban J connectivity index is 2.24. The van der Waals surface area contributed by atoms with Crippen LogP contribution in [0.3, 0.4) is 0 Å². The Hall–Kier alpha value is -1.81. The number of nitrogens with zero attached hydrogens (tertiary/aromatic N) is 1. The highest BCUT2D eigenvalue weighted by Crippen LogP contribution is 2.24. The quantitative estimate of drug-likeness (QED) is 0.934. The lowest BCUT2D eigenvalue weighted by atomic mass is 10.2. The summed E-state index contributed by atoms with van der Waals surface area (Å²) >= 11 is 3.37. The van der Waals surface area contributed by atoms with Gasteiger partial charge in [-0.15, -0.1) is 0 Å². The minimum atomic E-state index is -0.115. The fourth-order valence-corrected chi connectivity index (χ4v) is 2.19. The second-order valence-corrected chi connectivity index (χ2v) is 5.29.